The van der Waals surface area contributed by atoms with Gasteiger partial charge in [0.15, 0.2) is 0 Å². The lowest BCUT2D eigenvalue weighted by Crippen LogP contribution is -2.47. The fraction of sp³-hybridized carbons (Fsp3) is 0.625. The molecule has 0 aliphatic carbocycles. The molecule has 22 heavy (non-hydrogen) atoms. The lowest BCUT2D eigenvalue weighted by Gasteiger charge is -2.32. The van der Waals surface area contributed by atoms with Crippen LogP contribution in [0.5, 0.6) is 0 Å². The Kier molecular flexibility index (Phi) is 5.20. The van der Waals surface area contributed by atoms with E-state index in [2.05, 4.69) is 4.90 Å². The van der Waals surface area contributed by atoms with Gasteiger partial charge in [-0.2, -0.15) is 11.8 Å². The second-order valence-electron chi connectivity index (χ2n) is 5.93. The van der Waals surface area contributed by atoms with Crippen molar-refractivity contribution in [3.05, 3.63) is 34.4 Å². The Morgan fingerprint density at radius 3 is 2.77 bits per heavy atom. The quantitative estimate of drug-likeness (QED) is 0.847. The van der Waals surface area contributed by atoms with Gasteiger partial charge in [-0.15, -0.1) is 0 Å². The van der Waals surface area contributed by atoms with Crippen LogP contribution in [-0.2, 0) is 0 Å². The van der Waals surface area contributed by atoms with Gasteiger partial charge in [0.2, 0.25) is 0 Å². The lowest BCUT2D eigenvalue weighted by atomic mass is 10.2. The van der Waals surface area contributed by atoms with E-state index in [-0.39, 0.29) is 11.9 Å². The third kappa shape index (κ3) is 3.73. The van der Waals surface area contributed by atoms with Crippen LogP contribution in [0.15, 0.2) is 27.6 Å². The highest BCUT2D eigenvalue weighted by Crippen LogP contribution is 2.21. The Hall–Kier alpha value is -1.27. The highest BCUT2D eigenvalue weighted by atomic mass is 32.2. The molecule has 1 unspecified atom stereocenters. The summed E-state index contributed by atoms with van der Waals surface area (Å²) < 4.78 is 4.85. The van der Waals surface area contributed by atoms with Crippen LogP contribution < -0.4 is 5.63 Å². The molecule has 5 nitrogen and oxygen atoms in total. The van der Waals surface area contributed by atoms with Crippen LogP contribution in [0.4, 0.5) is 0 Å². The molecule has 2 fully saturated rings. The van der Waals surface area contributed by atoms with Gasteiger partial charge in [0.1, 0.15) is 6.26 Å². The minimum absolute atomic E-state index is 0.0181. The van der Waals surface area contributed by atoms with E-state index in [1.54, 1.807) is 6.07 Å². The van der Waals surface area contributed by atoms with Gasteiger partial charge >= 0.3 is 5.63 Å². The molecule has 0 bridgehead atoms. The molecule has 2 saturated heterocycles. The van der Waals surface area contributed by atoms with Crippen molar-refractivity contribution in [2.24, 2.45) is 0 Å². The Morgan fingerprint density at radius 1 is 1.23 bits per heavy atom. The van der Waals surface area contributed by atoms with Crippen molar-refractivity contribution >= 4 is 17.7 Å². The van der Waals surface area contributed by atoms with E-state index in [1.807, 2.05) is 16.7 Å². The predicted octanol–water partition coefficient (Wildman–Crippen LogP) is 1.68. The third-order valence-electron chi connectivity index (χ3n) is 4.32. The fourth-order valence-corrected chi connectivity index (χ4v) is 4.21. The predicted molar refractivity (Wildman–Crippen MR) is 87.4 cm³/mol. The van der Waals surface area contributed by atoms with Crippen molar-refractivity contribution in [2.45, 2.75) is 25.3 Å². The summed E-state index contributed by atoms with van der Waals surface area (Å²) in [7, 11) is 0. The maximum absolute atomic E-state index is 12.8. The summed E-state index contributed by atoms with van der Waals surface area (Å²) in [5, 5.41) is 0. The molecule has 6 heteroatoms. The first-order chi connectivity index (χ1) is 10.7. The molecule has 0 N–H and O–H groups in total. The second kappa shape index (κ2) is 7.33. The smallest absolute Gasteiger partial charge is 0.335 e. The minimum atomic E-state index is -0.420. The van der Waals surface area contributed by atoms with E-state index in [1.165, 1.54) is 25.2 Å². The number of likely N-dealkylation sites (tertiary alicyclic amines) is 1. The topological polar surface area (TPSA) is 53.8 Å². The molecule has 1 amide bonds. The molecule has 1 aromatic heterocycles. The molecule has 3 rings (SSSR count). The molecular formula is C16H22N2O3S. The zero-order chi connectivity index (χ0) is 15.4. The molecule has 3 heterocycles. The van der Waals surface area contributed by atoms with Crippen molar-refractivity contribution in [2.75, 3.05) is 37.7 Å². The SMILES string of the molecule is O=C(c1ccc(=O)oc1)N1CCCSCC1CN1CCCC1. The zero-order valence-corrected chi connectivity index (χ0v) is 13.5. The zero-order valence-electron chi connectivity index (χ0n) is 12.7. The summed E-state index contributed by atoms with van der Waals surface area (Å²) in [4.78, 5) is 28.3. The Morgan fingerprint density at radius 2 is 2.05 bits per heavy atom. The van der Waals surface area contributed by atoms with Crippen LogP contribution in [-0.4, -0.2) is 59.4 Å². The van der Waals surface area contributed by atoms with Gasteiger partial charge in [-0.25, -0.2) is 4.79 Å². The molecular weight excluding hydrogens is 300 g/mol. The van der Waals surface area contributed by atoms with Gasteiger partial charge in [0.05, 0.1) is 11.6 Å². The van der Waals surface area contributed by atoms with E-state index >= 15 is 0 Å². The van der Waals surface area contributed by atoms with E-state index in [0.717, 1.165) is 44.1 Å². The summed E-state index contributed by atoms with van der Waals surface area (Å²) >= 11 is 1.93. The molecule has 0 radical (unpaired) electrons. The van der Waals surface area contributed by atoms with Crippen LogP contribution in [0.25, 0.3) is 0 Å². The second-order valence-corrected chi connectivity index (χ2v) is 7.08. The third-order valence-corrected chi connectivity index (χ3v) is 5.51. The Balaban J connectivity index is 1.75. The van der Waals surface area contributed by atoms with Crippen molar-refractivity contribution in [1.29, 1.82) is 0 Å². The first kappa shape index (κ1) is 15.6. The lowest BCUT2D eigenvalue weighted by molar-refractivity contribution is 0.0664. The molecule has 120 valence electrons. The largest absolute Gasteiger partial charge is 0.430 e. The highest BCUT2D eigenvalue weighted by Gasteiger charge is 2.29. The van der Waals surface area contributed by atoms with E-state index in [4.69, 9.17) is 4.42 Å². The maximum atomic E-state index is 12.8. The van der Waals surface area contributed by atoms with Crippen molar-refractivity contribution < 1.29 is 9.21 Å². The maximum Gasteiger partial charge on any atom is 0.335 e. The number of hydrogen-bond donors (Lipinski definition) is 0. The monoisotopic (exact) mass is 322 g/mol. The van der Waals surface area contributed by atoms with Gasteiger partial charge in [-0.05, 0) is 44.2 Å². The molecule has 0 saturated carbocycles. The van der Waals surface area contributed by atoms with Crippen molar-refractivity contribution in [3.63, 3.8) is 0 Å². The summed E-state index contributed by atoms with van der Waals surface area (Å²) in [6, 6.07) is 3.12. The highest BCUT2D eigenvalue weighted by molar-refractivity contribution is 7.99. The van der Waals surface area contributed by atoms with Gasteiger partial charge in [0.25, 0.3) is 5.91 Å². The van der Waals surface area contributed by atoms with E-state index < -0.39 is 5.63 Å². The number of hydrogen-bond acceptors (Lipinski definition) is 5. The number of nitrogens with zero attached hydrogens (tertiary/aromatic N) is 2. The number of rotatable bonds is 3. The first-order valence-electron chi connectivity index (χ1n) is 7.94. The van der Waals surface area contributed by atoms with Gasteiger partial charge in [0, 0.05) is 24.9 Å². The fourth-order valence-electron chi connectivity index (χ4n) is 3.16. The van der Waals surface area contributed by atoms with Crippen LogP contribution >= 0.6 is 11.8 Å². The average molecular weight is 322 g/mol. The van der Waals surface area contributed by atoms with Gasteiger partial charge in [-0.1, -0.05) is 0 Å². The summed E-state index contributed by atoms with van der Waals surface area (Å²) in [6.07, 6.45) is 4.83. The molecule has 1 aromatic rings. The molecule has 1 atom stereocenters. The standard InChI is InChI=1S/C16H22N2O3S/c19-15-5-4-13(11-21-15)16(20)18-8-3-9-22-12-14(18)10-17-6-1-2-7-17/h4-5,11,14H,1-3,6-10,12H2. The number of amides is 1. The summed E-state index contributed by atoms with van der Waals surface area (Å²) in [5.74, 6) is 2.07. The number of carbonyl (C=O) groups excluding carboxylic acids is 1. The van der Waals surface area contributed by atoms with E-state index in [0.29, 0.717) is 5.56 Å². The molecule has 2 aliphatic heterocycles. The minimum Gasteiger partial charge on any atom is -0.430 e. The molecule has 0 spiro atoms. The average Bonchev–Trinajstić information content (AvgIpc) is 2.92. The van der Waals surface area contributed by atoms with Crippen molar-refractivity contribution in [3.8, 4) is 0 Å². The number of thioether (sulfide) groups is 1. The summed E-state index contributed by atoms with van der Waals surface area (Å²) in [6.45, 7) is 4.02. The van der Waals surface area contributed by atoms with Crippen LogP contribution in [0.2, 0.25) is 0 Å². The van der Waals surface area contributed by atoms with Crippen LogP contribution in [0.3, 0.4) is 0 Å². The molecule has 0 aromatic carbocycles. The number of carbonyl (C=O) groups is 1. The summed E-state index contributed by atoms with van der Waals surface area (Å²) in [5.41, 5.74) is 0.0505. The van der Waals surface area contributed by atoms with E-state index in [9.17, 15) is 9.59 Å². The van der Waals surface area contributed by atoms with Crippen molar-refractivity contribution in [1.82, 2.24) is 9.80 Å². The van der Waals surface area contributed by atoms with Crippen LogP contribution in [0.1, 0.15) is 29.6 Å². The Labute approximate surface area is 134 Å². The molecule has 2 aliphatic rings. The van der Waals surface area contributed by atoms with Gasteiger partial charge in [-0.3, -0.25) is 4.79 Å². The van der Waals surface area contributed by atoms with Gasteiger partial charge < -0.3 is 14.2 Å². The first-order valence-corrected chi connectivity index (χ1v) is 9.09. The normalized spacial score (nSPS) is 23.5. The van der Waals surface area contributed by atoms with Crippen LogP contribution in [0, 0.1) is 0 Å². The Bertz CT molecular complexity index is 548.